The van der Waals surface area contributed by atoms with Crippen LogP contribution in [0.1, 0.15) is 5.56 Å². The summed E-state index contributed by atoms with van der Waals surface area (Å²) < 4.78 is 43.5. The summed E-state index contributed by atoms with van der Waals surface area (Å²) in [4.78, 5) is 0.215. The lowest BCUT2D eigenvalue weighted by Gasteiger charge is -2.12. The van der Waals surface area contributed by atoms with Crippen molar-refractivity contribution in [3.8, 4) is 5.75 Å². The summed E-state index contributed by atoms with van der Waals surface area (Å²) in [6.45, 7) is 0.211. The fourth-order valence-corrected chi connectivity index (χ4v) is 2.68. The van der Waals surface area contributed by atoms with Gasteiger partial charge in [0.25, 0.3) is 0 Å². The number of hydrogen-bond donors (Lipinski definition) is 0. The van der Waals surface area contributed by atoms with E-state index in [4.69, 9.17) is 4.74 Å². The Hall–Kier alpha value is -1.92. The molecule has 0 fully saturated rings. The second-order valence-corrected chi connectivity index (χ2v) is 6.83. The van der Waals surface area contributed by atoms with E-state index in [-0.39, 0.29) is 17.3 Å². The lowest BCUT2D eigenvalue weighted by Crippen LogP contribution is -2.22. The van der Waals surface area contributed by atoms with E-state index in [1.54, 1.807) is 18.2 Å². The minimum absolute atomic E-state index is 0.211. The summed E-state index contributed by atoms with van der Waals surface area (Å²) in [6, 6.07) is 12.2. The summed E-state index contributed by atoms with van der Waals surface area (Å²) in [5.74, 6) is 0.193. The molecular weight excluding hydrogens is 293 g/mol. The van der Waals surface area contributed by atoms with Crippen LogP contribution in [-0.2, 0) is 16.6 Å². The highest BCUT2D eigenvalue weighted by atomic mass is 32.2. The maximum Gasteiger partial charge on any atom is 0.242 e. The van der Waals surface area contributed by atoms with Gasteiger partial charge in [-0.15, -0.1) is 0 Å². The van der Waals surface area contributed by atoms with Crippen molar-refractivity contribution in [2.24, 2.45) is 0 Å². The number of sulfonamides is 1. The molecule has 0 spiro atoms. The van der Waals surface area contributed by atoms with Crippen LogP contribution in [0.25, 0.3) is 0 Å². The summed E-state index contributed by atoms with van der Waals surface area (Å²) in [6.07, 6.45) is 0. The third-order valence-electron chi connectivity index (χ3n) is 2.90. The normalized spacial score (nSPS) is 11.6. The van der Waals surface area contributed by atoms with Crippen molar-refractivity contribution < 1.29 is 17.5 Å². The van der Waals surface area contributed by atoms with Gasteiger partial charge in [-0.1, -0.05) is 12.1 Å². The van der Waals surface area contributed by atoms with E-state index in [2.05, 4.69) is 0 Å². The van der Waals surface area contributed by atoms with E-state index in [0.717, 1.165) is 9.87 Å². The summed E-state index contributed by atoms with van der Waals surface area (Å²) >= 11 is 0. The first kappa shape index (κ1) is 15.5. The number of rotatable bonds is 5. The largest absolute Gasteiger partial charge is 0.489 e. The van der Waals surface area contributed by atoms with Crippen molar-refractivity contribution in [3.05, 3.63) is 59.9 Å². The zero-order chi connectivity index (χ0) is 15.5. The van der Waals surface area contributed by atoms with Gasteiger partial charge < -0.3 is 4.74 Å². The van der Waals surface area contributed by atoms with Gasteiger partial charge in [-0.25, -0.2) is 17.1 Å². The van der Waals surface area contributed by atoms with E-state index in [9.17, 15) is 12.8 Å². The maximum atomic E-state index is 12.8. The van der Waals surface area contributed by atoms with E-state index in [0.29, 0.717) is 5.75 Å². The highest BCUT2D eigenvalue weighted by Crippen LogP contribution is 2.17. The highest BCUT2D eigenvalue weighted by Gasteiger charge is 2.17. The smallest absolute Gasteiger partial charge is 0.242 e. The third-order valence-corrected chi connectivity index (χ3v) is 4.71. The molecule has 4 nitrogen and oxygen atoms in total. The topological polar surface area (TPSA) is 46.6 Å². The molecule has 0 saturated carbocycles. The van der Waals surface area contributed by atoms with Gasteiger partial charge in [-0.3, -0.25) is 0 Å². The van der Waals surface area contributed by atoms with Crippen molar-refractivity contribution in [1.82, 2.24) is 4.31 Å². The molecule has 0 unspecified atom stereocenters. The molecule has 6 heteroatoms. The number of benzene rings is 2. The average molecular weight is 309 g/mol. The Labute approximate surface area is 123 Å². The van der Waals surface area contributed by atoms with Crippen LogP contribution in [0.2, 0.25) is 0 Å². The van der Waals surface area contributed by atoms with Gasteiger partial charge in [-0.05, 0) is 42.0 Å². The van der Waals surface area contributed by atoms with Gasteiger partial charge in [0.1, 0.15) is 18.2 Å². The third kappa shape index (κ3) is 3.80. The molecular formula is C15H16FNO3S. The predicted octanol–water partition coefficient (Wildman–Crippen LogP) is 2.66. The summed E-state index contributed by atoms with van der Waals surface area (Å²) in [5, 5.41) is 0. The Bertz CT molecular complexity index is 712. The van der Waals surface area contributed by atoms with Crippen LogP contribution in [0.5, 0.6) is 5.75 Å². The first-order valence-corrected chi connectivity index (χ1v) is 7.73. The Morgan fingerprint density at radius 2 is 1.76 bits per heavy atom. The second kappa shape index (κ2) is 6.24. The molecule has 2 aromatic rings. The summed E-state index contributed by atoms with van der Waals surface area (Å²) in [5.41, 5.74) is 0.724. The minimum atomic E-state index is -3.46. The van der Waals surface area contributed by atoms with Crippen LogP contribution in [0.4, 0.5) is 4.39 Å². The second-order valence-electron chi connectivity index (χ2n) is 4.68. The van der Waals surface area contributed by atoms with Crippen molar-refractivity contribution in [2.75, 3.05) is 14.1 Å². The van der Waals surface area contributed by atoms with Crippen molar-refractivity contribution in [2.45, 2.75) is 11.5 Å². The molecule has 0 heterocycles. The SMILES string of the molecule is CN(C)S(=O)(=O)c1cccc(COc2ccc(F)cc2)c1. The van der Waals surface area contributed by atoms with Gasteiger partial charge in [-0.2, -0.15) is 0 Å². The lowest BCUT2D eigenvalue weighted by molar-refractivity contribution is 0.305. The van der Waals surface area contributed by atoms with Gasteiger partial charge in [0.15, 0.2) is 0 Å². The maximum absolute atomic E-state index is 12.8. The molecule has 0 radical (unpaired) electrons. The average Bonchev–Trinajstić information content (AvgIpc) is 2.47. The van der Waals surface area contributed by atoms with E-state index in [1.807, 2.05) is 0 Å². The van der Waals surface area contributed by atoms with Gasteiger partial charge in [0, 0.05) is 14.1 Å². The molecule has 0 N–H and O–H groups in total. The van der Waals surface area contributed by atoms with Gasteiger partial charge >= 0.3 is 0 Å². The Morgan fingerprint density at radius 3 is 2.38 bits per heavy atom. The lowest BCUT2D eigenvalue weighted by atomic mass is 10.2. The van der Waals surface area contributed by atoms with Crippen LogP contribution < -0.4 is 4.74 Å². The molecule has 0 aliphatic carbocycles. The molecule has 112 valence electrons. The molecule has 0 atom stereocenters. The fraction of sp³-hybridized carbons (Fsp3) is 0.200. The minimum Gasteiger partial charge on any atom is -0.489 e. The molecule has 2 aromatic carbocycles. The molecule has 0 aliphatic rings. The number of hydrogen-bond acceptors (Lipinski definition) is 3. The number of halogens is 1. The van der Waals surface area contributed by atoms with Crippen LogP contribution in [0, 0.1) is 5.82 Å². The van der Waals surface area contributed by atoms with Gasteiger partial charge in [0.05, 0.1) is 4.90 Å². The zero-order valence-corrected chi connectivity index (χ0v) is 12.6. The Kier molecular flexibility index (Phi) is 4.59. The predicted molar refractivity (Wildman–Crippen MR) is 78.0 cm³/mol. The van der Waals surface area contributed by atoms with Crippen LogP contribution in [0.15, 0.2) is 53.4 Å². The first-order valence-electron chi connectivity index (χ1n) is 6.29. The monoisotopic (exact) mass is 309 g/mol. The van der Waals surface area contributed by atoms with Crippen LogP contribution >= 0.6 is 0 Å². The van der Waals surface area contributed by atoms with Crippen molar-refractivity contribution >= 4 is 10.0 Å². The van der Waals surface area contributed by atoms with E-state index < -0.39 is 10.0 Å². The molecule has 0 saturated heterocycles. The van der Waals surface area contributed by atoms with Crippen LogP contribution in [-0.4, -0.2) is 26.8 Å². The van der Waals surface area contributed by atoms with Crippen molar-refractivity contribution in [3.63, 3.8) is 0 Å². The number of ether oxygens (including phenoxy) is 1. The fourth-order valence-electron chi connectivity index (χ4n) is 1.70. The number of nitrogens with zero attached hydrogens (tertiary/aromatic N) is 1. The molecule has 0 amide bonds. The van der Waals surface area contributed by atoms with Gasteiger partial charge in [0.2, 0.25) is 10.0 Å². The van der Waals surface area contributed by atoms with Crippen molar-refractivity contribution in [1.29, 1.82) is 0 Å². The van der Waals surface area contributed by atoms with E-state index in [1.165, 1.54) is 44.4 Å². The van der Waals surface area contributed by atoms with E-state index >= 15 is 0 Å². The highest BCUT2D eigenvalue weighted by molar-refractivity contribution is 7.89. The quantitative estimate of drug-likeness (QED) is 0.853. The molecule has 0 aromatic heterocycles. The molecule has 0 aliphatic heterocycles. The molecule has 2 rings (SSSR count). The first-order chi connectivity index (χ1) is 9.89. The summed E-state index contributed by atoms with van der Waals surface area (Å²) in [7, 11) is -0.493. The Balaban J connectivity index is 2.13. The standard InChI is InChI=1S/C15H16FNO3S/c1-17(2)21(18,19)15-5-3-4-12(10-15)11-20-14-8-6-13(16)7-9-14/h3-10H,11H2,1-2H3. The Morgan fingerprint density at radius 1 is 1.10 bits per heavy atom. The zero-order valence-electron chi connectivity index (χ0n) is 11.8. The molecule has 21 heavy (non-hydrogen) atoms. The van der Waals surface area contributed by atoms with Crippen LogP contribution in [0.3, 0.4) is 0 Å². The molecule has 0 bridgehead atoms.